The standard InChI is InChI=1S/C11H11N3S/c1-2-4-10-8(3-1)5-9(10)6-12-11-14-13-7-15-11/h1-4,7,9H,5-6H2,(H,12,14). The van der Waals surface area contributed by atoms with Crippen LogP contribution in [0.1, 0.15) is 17.0 Å². The molecule has 15 heavy (non-hydrogen) atoms. The van der Waals surface area contributed by atoms with E-state index in [1.54, 1.807) is 16.8 Å². The van der Waals surface area contributed by atoms with Gasteiger partial charge in [0.1, 0.15) is 5.51 Å². The van der Waals surface area contributed by atoms with E-state index in [2.05, 4.69) is 39.8 Å². The van der Waals surface area contributed by atoms with E-state index < -0.39 is 0 Å². The van der Waals surface area contributed by atoms with Crippen LogP contribution in [0.3, 0.4) is 0 Å². The van der Waals surface area contributed by atoms with Crippen LogP contribution in [0.4, 0.5) is 5.13 Å². The van der Waals surface area contributed by atoms with E-state index in [0.29, 0.717) is 5.92 Å². The molecule has 0 amide bonds. The molecule has 1 unspecified atom stereocenters. The molecule has 3 nitrogen and oxygen atoms in total. The lowest BCUT2D eigenvalue weighted by atomic mass is 9.78. The van der Waals surface area contributed by atoms with Gasteiger partial charge in [0.25, 0.3) is 0 Å². The fourth-order valence-electron chi connectivity index (χ4n) is 2.01. The summed E-state index contributed by atoms with van der Waals surface area (Å²) in [5.74, 6) is 0.644. The number of hydrogen-bond donors (Lipinski definition) is 1. The first-order valence-electron chi connectivity index (χ1n) is 5.01. The Balaban J connectivity index is 1.64. The molecule has 0 bridgehead atoms. The first-order valence-corrected chi connectivity index (χ1v) is 5.89. The van der Waals surface area contributed by atoms with Crippen LogP contribution in [0, 0.1) is 0 Å². The number of nitrogens with one attached hydrogen (secondary N) is 1. The summed E-state index contributed by atoms with van der Waals surface area (Å²) in [5, 5.41) is 12.0. The van der Waals surface area contributed by atoms with Crippen molar-refractivity contribution >= 4 is 16.5 Å². The molecule has 1 aliphatic carbocycles. The van der Waals surface area contributed by atoms with E-state index in [9.17, 15) is 0 Å². The lowest BCUT2D eigenvalue weighted by molar-refractivity contribution is 0.635. The number of nitrogens with zero attached hydrogens (tertiary/aromatic N) is 2. The van der Waals surface area contributed by atoms with Crippen LogP contribution >= 0.6 is 11.3 Å². The van der Waals surface area contributed by atoms with Gasteiger partial charge in [0.2, 0.25) is 5.13 Å². The number of rotatable bonds is 3. The number of hydrogen-bond acceptors (Lipinski definition) is 4. The van der Waals surface area contributed by atoms with Gasteiger partial charge in [0.15, 0.2) is 0 Å². The minimum Gasteiger partial charge on any atom is -0.359 e. The predicted molar refractivity (Wildman–Crippen MR) is 61.3 cm³/mol. The van der Waals surface area contributed by atoms with Crippen LogP contribution in [0.15, 0.2) is 29.8 Å². The normalized spacial score (nSPS) is 18.0. The van der Waals surface area contributed by atoms with Crippen LogP contribution in [0.25, 0.3) is 0 Å². The summed E-state index contributed by atoms with van der Waals surface area (Å²) < 4.78 is 0. The predicted octanol–water partition coefficient (Wildman–Crippen LogP) is 2.29. The second kappa shape index (κ2) is 3.62. The van der Waals surface area contributed by atoms with E-state index in [-0.39, 0.29) is 0 Å². The van der Waals surface area contributed by atoms with Gasteiger partial charge in [-0.15, -0.1) is 10.2 Å². The van der Waals surface area contributed by atoms with E-state index in [0.717, 1.165) is 11.7 Å². The number of anilines is 1. The Kier molecular flexibility index (Phi) is 2.14. The maximum absolute atomic E-state index is 3.96. The Morgan fingerprint density at radius 1 is 1.40 bits per heavy atom. The molecular weight excluding hydrogens is 206 g/mol. The van der Waals surface area contributed by atoms with Crippen LogP contribution in [-0.4, -0.2) is 16.7 Å². The van der Waals surface area contributed by atoms with Gasteiger partial charge in [-0.3, -0.25) is 0 Å². The molecule has 4 heteroatoms. The molecule has 1 aromatic heterocycles. The number of benzene rings is 1. The second-order valence-corrected chi connectivity index (χ2v) is 4.56. The third kappa shape index (κ3) is 1.61. The van der Waals surface area contributed by atoms with Crippen molar-refractivity contribution in [2.75, 3.05) is 11.9 Å². The molecular formula is C11H11N3S. The maximum Gasteiger partial charge on any atom is 0.205 e. The highest BCUT2D eigenvalue weighted by Crippen LogP contribution is 2.34. The highest BCUT2D eigenvalue weighted by atomic mass is 32.1. The highest BCUT2D eigenvalue weighted by molar-refractivity contribution is 7.13. The van der Waals surface area contributed by atoms with Crippen molar-refractivity contribution in [3.8, 4) is 0 Å². The molecule has 1 atom stereocenters. The molecule has 1 heterocycles. The van der Waals surface area contributed by atoms with E-state index >= 15 is 0 Å². The fourth-order valence-corrected chi connectivity index (χ4v) is 2.46. The summed E-state index contributed by atoms with van der Waals surface area (Å²) in [6.07, 6.45) is 1.18. The Labute approximate surface area is 92.2 Å². The number of fused-ring (bicyclic) bond motifs is 1. The van der Waals surface area contributed by atoms with Crippen molar-refractivity contribution in [1.82, 2.24) is 10.2 Å². The van der Waals surface area contributed by atoms with Gasteiger partial charge >= 0.3 is 0 Å². The van der Waals surface area contributed by atoms with Gasteiger partial charge in [-0.25, -0.2) is 0 Å². The maximum atomic E-state index is 3.96. The van der Waals surface area contributed by atoms with Crippen LogP contribution in [0.5, 0.6) is 0 Å². The van der Waals surface area contributed by atoms with Crippen LogP contribution < -0.4 is 5.32 Å². The molecule has 2 aromatic rings. The Hall–Kier alpha value is -1.42. The molecule has 0 radical (unpaired) electrons. The second-order valence-electron chi connectivity index (χ2n) is 3.72. The summed E-state index contributed by atoms with van der Waals surface area (Å²) in [6, 6.07) is 8.63. The molecule has 1 N–H and O–H groups in total. The minimum absolute atomic E-state index is 0.644. The topological polar surface area (TPSA) is 37.8 Å². The molecule has 3 rings (SSSR count). The van der Waals surface area contributed by atoms with Gasteiger partial charge in [-0.1, -0.05) is 35.6 Å². The summed E-state index contributed by atoms with van der Waals surface area (Å²) in [6.45, 7) is 0.964. The summed E-state index contributed by atoms with van der Waals surface area (Å²) in [5.41, 5.74) is 4.72. The van der Waals surface area contributed by atoms with Gasteiger partial charge in [-0.05, 0) is 17.5 Å². The molecule has 0 fully saturated rings. The zero-order valence-electron chi connectivity index (χ0n) is 8.18. The molecule has 1 aromatic carbocycles. The minimum atomic E-state index is 0.644. The van der Waals surface area contributed by atoms with Crippen molar-refractivity contribution in [3.05, 3.63) is 40.9 Å². The summed E-state index contributed by atoms with van der Waals surface area (Å²) in [7, 11) is 0. The Morgan fingerprint density at radius 3 is 3.13 bits per heavy atom. The molecule has 1 aliphatic rings. The fraction of sp³-hybridized carbons (Fsp3) is 0.273. The summed E-state index contributed by atoms with van der Waals surface area (Å²) in [4.78, 5) is 0. The lowest BCUT2D eigenvalue weighted by Crippen LogP contribution is -2.24. The Bertz CT molecular complexity index is 453. The highest BCUT2D eigenvalue weighted by Gasteiger charge is 2.24. The van der Waals surface area contributed by atoms with Gasteiger partial charge in [0.05, 0.1) is 0 Å². The van der Waals surface area contributed by atoms with Gasteiger partial charge in [0, 0.05) is 12.5 Å². The quantitative estimate of drug-likeness (QED) is 0.857. The monoisotopic (exact) mass is 217 g/mol. The smallest absolute Gasteiger partial charge is 0.205 e. The van der Waals surface area contributed by atoms with E-state index in [4.69, 9.17) is 0 Å². The largest absolute Gasteiger partial charge is 0.359 e. The van der Waals surface area contributed by atoms with Crippen LogP contribution in [0.2, 0.25) is 0 Å². The Morgan fingerprint density at radius 2 is 2.33 bits per heavy atom. The van der Waals surface area contributed by atoms with Gasteiger partial charge in [-0.2, -0.15) is 0 Å². The zero-order chi connectivity index (χ0) is 10.1. The SMILES string of the molecule is c1ccc2c(c1)CC2CNc1nncs1. The van der Waals surface area contributed by atoms with Gasteiger partial charge < -0.3 is 5.32 Å². The average molecular weight is 217 g/mol. The van der Waals surface area contributed by atoms with Crippen molar-refractivity contribution in [2.45, 2.75) is 12.3 Å². The van der Waals surface area contributed by atoms with Crippen molar-refractivity contribution in [1.29, 1.82) is 0 Å². The average Bonchev–Trinajstić information content (AvgIpc) is 2.72. The third-order valence-corrected chi connectivity index (χ3v) is 3.47. The molecule has 76 valence electrons. The van der Waals surface area contributed by atoms with E-state index in [1.165, 1.54) is 17.5 Å². The zero-order valence-corrected chi connectivity index (χ0v) is 9.00. The lowest BCUT2D eigenvalue weighted by Gasteiger charge is -2.29. The van der Waals surface area contributed by atoms with Crippen LogP contribution in [-0.2, 0) is 6.42 Å². The summed E-state index contributed by atoms with van der Waals surface area (Å²) >= 11 is 1.55. The van der Waals surface area contributed by atoms with Crippen molar-refractivity contribution in [2.24, 2.45) is 0 Å². The molecule has 0 saturated heterocycles. The molecule has 0 saturated carbocycles. The van der Waals surface area contributed by atoms with Crippen molar-refractivity contribution < 1.29 is 0 Å². The molecule has 0 aliphatic heterocycles. The first kappa shape index (κ1) is 8.85. The third-order valence-electron chi connectivity index (χ3n) is 2.82. The molecule has 0 spiro atoms. The van der Waals surface area contributed by atoms with Crippen molar-refractivity contribution in [3.63, 3.8) is 0 Å². The van der Waals surface area contributed by atoms with E-state index in [1.807, 2.05) is 0 Å². The first-order chi connectivity index (χ1) is 7.43. The number of aromatic nitrogens is 2.